The van der Waals surface area contributed by atoms with E-state index in [4.69, 9.17) is 23.2 Å². The van der Waals surface area contributed by atoms with Crippen molar-refractivity contribution in [3.05, 3.63) is 40.1 Å². The Morgan fingerprint density at radius 2 is 1.65 bits per heavy atom. The monoisotopic (exact) mass is 309 g/mol. The van der Waals surface area contributed by atoms with Gasteiger partial charge in [0.1, 0.15) is 10.3 Å². The minimum absolute atomic E-state index is 0.387. The smallest absolute Gasteiger partial charge is 0.228 e. The van der Waals surface area contributed by atoms with Crippen molar-refractivity contribution in [2.75, 3.05) is 18.0 Å². The molecule has 0 aliphatic carbocycles. The third kappa shape index (κ3) is 3.05. The van der Waals surface area contributed by atoms with Crippen LogP contribution in [0.25, 0.3) is 11.1 Å². The molecular formula is C15H17Cl2N3. The summed E-state index contributed by atoms with van der Waals surface area (Å²) < 4.78 is 0. The van der Waals surface area contributed by atoms with E-state index in [2.05, 4.69) is 9.97 Å². The molecule has 0 aliphatic rings. The van der Waals surface area contributed by atoms with Crippen LogP contribution in [0.4, 0.5) is 5.95 Å². The molecule has 0 N–H and O–H groups in total. The lowest BCUT2D eigenvalue weighted by Gasteiger charge is -2.19. The van der Waals surface area contributed by atoms with E-state index in [1.807, 2.05) is 49.9 Å². The summed E-state index contributed by atoms with van der Waals surface area (Å²) in [6, 6.07) is 7.97. The summed E-state index contributed by atoms with van der Waals surface area (Å²) in [5.41, 5.74) is 2.77. The molecule has 0 bridgehead atoms. The summed E-state index contributed by atoms with van der Waals surface area (Å²) in [7, 11) is 0. The van der Waals surface area contributed by atoms with E-state index < -0.39 is 0 Å². The summed E-state index contributed by atoms with van der Waals surface area (Å²) in [6.07, 6.45) is 0. The molecule has 0 saturated heterocycles. The summed E-state index contributed by atoms with van der Waals surface area (Å²) in [5.74, 6) is 0.571. The predicted molar refractivity (Wildman–Crippen MR) is 85.8 cm³/mol. The van der Waals surface area contributed by atoms with Crippen LogP contribution in [0.3, 0.4) is 0 Å². The van der Waals surface area contributed by atoms with Crippen LogP contribution in [0, 0.1) is 6.92 Å². The molecule has 0 amide bonds. The Morgan fingerprint density at radius 1 is 1.05 bits per heavy atom. The number of halogens is 2. The van der Waals surface area contributed by atoms with Crippen LogP contribution in [-0.2, 0) is 0 Å². The van der Waals surface area contributed by atoms with Gasteiger partial charge in [0.05, 0.1) is 5.56 Å². The average molecular weight is 310 g/mol. The zero-order valence-electron chi connectivity index (χ0n) is 11.8. The van der Waals surface area contributed by atoms with Gasteiger partial charge in [0, 0.05) is 13.1 Å². The van der Waals surface area contributed by atoms with E-state index in [9.17, 15) is 0 Å². The second-order valence-electron chi connectivity index (χ2n) is 4.52. The normalized spacial score (nSPS) is 10.7. The minimum atomic E-state index is 0.387. The zero-order chi connectivity index (χ0) is 14.7. The first-order valence-corrected chi connectivity index (χ1v) is 7.37. The van der Waals surface area contributed by atoms with Crippen molar-refractivity contribution in [1.29, 1.82) is 0 Å². The lowest BCUT2D eigenvalue weighted by Crippen LogP contribution is -2.24. The van der Waals surface area contributed by atoms with Crippen molar-refractivity contribution in [2.24, 2.45) is 0 Å². The Bertz CT molecular complexity index is 587. The van der Waals surface area contributed by atoms with Gasteiger partial charge in [-0.25, -0.2) is 9.97 Å². The molecule has 106 valence electrons. The molecule has 20 heavy (non-hydrogen) atoms. The summed E-state index contributed by atoms with van der Waals surface area (Å²) in [5, 5.41) is 0.773. The van der Waals surface area contributed by atoms with Gasteiger partial charge in [-0.1, -0.05) is 53.0 Å². The third-order valence-electron chi connectivity index (χ3n) is 3.16. The number of nitrogens with zero attached hydrogens (tertiary/aromatic N) is 3. The second-order valence-corrected chi connectivity index (χ2v) is 5.24. The maximum atomic E-state index is 6.32. The molecule has 0 fully saturated rings. The van der Waals surface area contributed by atoms with Gasteiger partial charge in [0.2, 0.25) is 5.95 Å². The van der Waals surface area contributed by atoms with Crippen molar-refractivity contribution < 1.29 is 0 Å². The molecule has 2 aromatic rings. The molecule has 0 unspecified atom stereocenters. The van der Waals surface area contributed by atoms with Crippen LogP contribution in [0.5, 0.6) is 0 Å². The van der Waals surface area contributed by atoms with Gasteiger partial charge in [-0.2, -0.15) is 0 Å². The quantitative estimate of drug-likeness (QED) is 0.773. The summed E-state index contributed by atoms with van der Waals surface area (Å²) in [6.45, 7) is 7.74. The highest BCUT2D eigenvalue weighted by Gasteiger charge is 2.16. The highest BCUT2D eigenvalue weighted by molar-refractivity contribution is 6.37. The minimum Gasteiger partial charge on any atom is -0.341 e. The van der Waals surface area contributed by atoms with E-state index in [0.29, 0.717) is 21.8 Å². The maximum Gasteiger partial charge on any atom is 0.228 e. The maximum absolute atomic E-state index is 6.32. The largest absolute Gasteiger partial charge is 0.341 e. The van der Waals surface area contributed by atoms with Crippen molar-refractivity contribution >= 4 is 29.2 Å². The Hall–Kier alpha value is -1.32. The van der Waals surface area contributed by atoms with Crippen LogP contribution in [0.2, 0.25) is 10.3 Å². The molecule has 0 spiro atoms. The molecule has 3 nitrogen and oxygen atoms in total. The number of benzene rings is 1. The van der Waals surface area contributed by atoms with Gasteiger partial charge in [-0.05, 0) is 26.3 Å². The van der Waals surface area contributed by atoms with Crippen molar-refractivity contribution in [1.82, 2.24) is 9.97 Å². The van der Waals surface area contributed by atoms with Crippen LogP contribution in [-0.4, -0.2) is 23.1 Å². The molecular weight excluding hydrogens is 293 g/mol. The number of aromatic nitrogens is 2. The lowest BCUT2D eigenvalue weighted by atomic mass is 10.1. The second kappa shape index (κ2) is 6.42. The van der Waals surface area contributed by atoms with E-state index in [0.717, 1.165) is 24.2 Å². The molecule has 1 heterocycles. The number of rotatable bonds is 4. The number of anilines is 1. The SMILES string of the molecule is CCN(CC)c1nc(Cl)c(-c2cccc(C)c2)c(Cl)n1. The lowest BCUT2D eigenvalue weighted by molar-refractivity contribution is 0.822. The van der Waals surface area contributed by atoms with Crippen molar-refractivity contribution in [3.63, 3.8) is 0 Å². The Kier molecular flexibility index (Phi) is 4.84. The fraction of sp³-hybridized carbons (Fsp3) is 0.333. The highest BCUT2D eigenvalue weighted by atomic mass is 35.5. The summed E-state index contributed by atoms with van der Waals surface area (Å²) in [4.78, 5) is 10.8. The van der Waals surface area contributed by atoms with Gasteiger partial charge < -0.3 is 4.90 Å². The first-order valence-electron chi connectivity index (χ1n) is 6.61. The first-order chi connectivity index (χ1) is 9.56. The van der Waals surface area contributed by atoms with Crippen LogP contribution < -0.4 is 4.90 Å². The molecule has 0 radical (unpaired) electrons. The van der Waals surface area contributed by atoms with Crippen molar-refractivity contribution in [2.45, 2.75) is 20.8 Å². The standard InChI is InChI=1S/C15H17Cl2N3/c1-4-20(5-2)15-18-13(16)12(14(17)19-15)11-8-6-7-10(3)9-11/h6-9H,4-5H2,1-3H3. The number of hydrogen-bond acceptors (Lipinski definition) is 3. The highest BCUT2D eigenvalue weighted by Crippen LogP contribution is 2.34. The van der Waals surface area contributed by atoms with E-state index >= 15 is 0 Å². The molecule has 1 aromatic heterocycles. The van der Waals surface area contributed by atoms with Gasteiger partial charge in [0.25, 0.3) is 0 Å². The molecule has 0 saturated carbocycles. The molecule has 5 heteroatoms. The third-order valence-corrected chi connectivity index (χ3v) is 3.71. The zero-order valence-corrected chi connectivity index (χ0v) is 13.3. The predicted octanol–water partition coefficient (Wildman–Crippen LogP) is 4.61. The van der Waals surface area contributed by atoms with Crippen LogP contribution in [0.15, 0.2) is 24.3 Å². The van der Waals surface area contributed by atoms with Gasteiger partial charge in [-0.15, -0.1) is 0 Å². The van der Waals surface area contributed by atoms with Gasteiger partial charge in [-0.3, -0.25) is 0 Å². The van der Waals surface area contributed by atoms with Crippen LogP contribution >= 0.6 is 23.2 Å². The van der Waals surface area contributed by atoms with Crippen molar-refractivity contribution in [3.8, 4) is 11.1 Å². The Balaban J connectivity index is 2.51. The topological polar surface area (TPSA) is 29.0 Å². The fourth-order valence-corrected chi connectivity index (χ4v) is 2.68. The molecule has 2 rings (SSSR count). The summed E-state index contributed by atoms with van der Waals surface area (Å²) >= 11 is 12.6. The van der Waals surface area contributed by atoms with Gasteiger partial charge in [0.15, 0.2) is 0 Å². The number of hydrogen-bond donors (Lipinski definition) is 0. The Labute approximate surface area is 129 Å². The van der Waals surface area contributed by atoms with E-state index in [1.54, 1.807) is 0 Å². The Morgan fingerprint density at radius 3 is 2.15 bits per heavy atom. The van der Waals surface area contributed by atoms with E-state index in [-0.39, 0.29) is 0 Å². The fourth-order valence-electron chi connectivity index (χ4n) is 2.08. The molecule has 1 aromatic carbocycles. The van der Waals surface area contributed by atoms with E-state index in [1.165, 1.54) is 0 Å². The average Bonchev–Trinajstić information content (AvgIpc) is 2.39. The first kappa shape index (κ1) is 15.1. The molecule has 0 aliphatic heterocycles. The van der Waals surface area contributed by atoms with Gasteiger partial charge >= 0.3 is 0 Å². The molecule has 0 atom stereocenters. The number of aryl methyl sites for hydroxylation is 1. The van der Waals surface area contributed by atoms with Crippen LogP contribution in [0.1, 0.15) is 19.4 Å².